The Labute approximate surface area is 168 Å². The van der Waals surface area contributed by atoms with Gasteiger partial charge in [-0.25, -0.2) is 9.78 Å². The minimum absolute atomic E-state index is 0.0730. The van der Waals surface area contributed by atoms with Gasteiger partial charge in [0, 0.05) is 50.4 Å². The molecule has 1 aliphatic rings. The second-order valence-corrected chi connectivity index (χ2v) is 8.32. The maximum atomic E-state index is 12.7. The molecule has 3 aromatic heterocycles. The van der Waals surface area contributed by atoms with Crippen LogP contribution in [0.4, 0.5) is 0 Å². The number of rotatable bonds is 4. The van der Waals surface area contributed by atoms with Gasteiger partial charge >= 0.3 is 5.97 Å². The Hall–Kier alpha value is -2.56. The molecule has 146 valence electrons. The first-order valence-corrected chi connectivity index (χ1v) is 10.4. The zero-order valence-corrected chi connectivity index (χ0v) is 16.8. The number of piperazine rings is 1. The predicted octanol–water partition coefficient (Wildman–Crippen LogP) is 1.56. The average Bonchev–Trinajstić information content (AvgIpc) is 3.37. The highest BCUT2D eigenvalue weighted by molar-refractivity contribution is 7.16. The van der Waals surface area contributed by atoms with Gasteiger partial charge in [-0.3, -0.25) is 18.9 Å². The Morgan fingerprint density at radius 3 is 2.68 bits per heavy atom. The molecule has 8 nitrogen and oxygen atoms in total. The molecular weight excluding hydrogens is 400 g/mol. The number of hydrogen-bond acceptors (Lipinski definition) is 8. The summed E-state index contributed by atoms with van der Waals surface area (Å²) in [6, 6.07) is 4.85. The average molecular weight is 419 g/mol. The molecular formula is C18H18N4O4S2. The number of esters is 1. The van der Waals surface area contributed by atoms with Crippen molar-refractivity contribution in [3.05, 3.63) is 55.6 Å². The van der Waals surface area contributed by atoms with Crippen LogP contribution in [0.3, 0.4) is 0 Å². The molecule has 1 aliphatic heterocycles. The normalized spacial score (nSPS) is 15.1. The zero-order chi connectivity index (χ0) is 19.7. The lowest BCUT2D eigenvalue weighted by Crippen LogP contribution is -2.48. The number of carbonyl (C=O) groups excluding carboxylic acids is 2. The number of hydrogen-bond donors (Lipinski definition) is 0. The zero-order valence-electron chi connectivity index (χ0n) is 15.2. The van der Waals surface area contributed by atoms with E-state index in [0.717, 1.165) is 17.0 Å². The van der Waals surface area contributed by atoms with Crippen molar-refractivity contribution in [2.75, 3.05) is 33.3 Å². The van der Waals surface area contributed by atoms with Gasteiger partial charge in [0.15, 0.2) is 4.96 Å². The lowest BCUT2D eigenvalue weighted by Gasteiger charge is -2.34. The smallest absolute Gasteiger partial charge is 0.348 e. The molecule has 1 fully saturated rings. The SMILES string of the molecule is COC(=O)c1ccc(C(=O)N2CCN(Cc3cc(=O)n4ccsc4n3)CC2)s1. The quantitative estimate of drug-likeness (QED) is 0.598. The van der Waals surface area contributed by atoms with E-state index in [1.165, 1.54) is 22.8 Å². The first kappa shape index (κ1) is 18.8. The summed E-state index contributed by atoms with van der Waals surface area (Å²) in [5, 5.41) is 1.84. The molecule has 0 atom stereocenters. The number of ether oxygens (including phenoxy) is 1. The summed E-state index contributed by atoms with van der Waals surface area (Å²) in [5.41, 5.74) is 0.669. The fourth-order valence-electron chi connectivity index (χ4n) is 3.13. The van der Waals surface area contributed by atoms with Crippen LogP contribution in [0.2, 0.25) is 0 Å². The highest BCUT2D eigenvalue weighted by Gasteiger charge is 2.24. The standard InChI is InChI=1S/C18H18N4O4S2/c1-26-17(25)14-3-2-13(28-14)16(24)21-6-4-20(5-7-21)11-12-10-15(23)22-8-9-27-18(22)19-12/h2-3,8-10H,4-7,11H2,1H3. The van der Waals surface area contributed by atoms with Crippen LogP contribution in [-0.2, 0) is 11.3 Å². The van der Waals surface area contributed by atoms with E-state index in [4.69, 9.17) is 0 Å². The van der Waals surface area contributed by atoms with Crippen LogP contribution < -0.4 is 5.56 Å². The molecule has 1 amide bonds. The van der Waals surface area contributed by atoms with Crippen molar-refractivity contribution in [1.82, 2.24) is 19.2 Å². The van der Waals surface area contributed by atoms with E-state index < -0.39 is 5.97 Å². The maximum Gasteiger partial charge on any atom is 0.348 e. The van der Waals surface area contributed by atoms with Gasteiger partial charge in [-0.05, 0) is 12.1 Å². The van der Waals surface area contributed by atoms with E-state index in [-0.39, 0.29) is 11.5 Å². The molecule has 4 heterocycles. The molecule has 10 heteroatoms. The third kappa shape index (κ3) is 3.71. The summed E-state index contributed by atoms with van der Waals surface area (Å²) in [7, 11) is 1.32. The van der Waals surface area contributed by atoms with Crippen molar-refractivity contribution in [3.63, 3.8) is 0 Å². The first-order chi connectivity index (χ1) is 13.5. The van der Waals surface area contributed by atoms with Gasteiger partial charge in [-0.1, -0.05) is 0 Å². The van der Waals surface area contributed by atoms with Crippen molar-refractivity contribution >= 4 is 39.5 Å². The predicted molar refractivity (Wildman–Crippen MR) is 106 cm³/mol. The van der Waals surface area contributed by atoms with Crippen LogP contribution in [0.15, 0.2) is 34.6 Å². The van der Waals surface area contributed by atoms with Gasteiger partial charge in [0.1, 0.15) is 4.88 Å². The van der Waals surface area contributed by atoms with E-state index >= 15 is 0 Å². The largest absolute Gasteiger partial charge is 0.465 e. The lowest BCUT2D eigenvalue weighted by molar-refractivity contribution is 0.0605. The molecule has 0 aromatic carbocycles. The van der Waals surface area contributed by atoms with Crippen LogP contribution >= 0.6 is 22.7 Å². The van der Waals surface area contributed by atoms with E-state index in [2.05, 4.69) is 14.6 Å². The third-order valence-corrected chi connectivity index (χ3v) is 6.41. The van der Waals surface area contributed by atoms with Gasteiger partial charge < -0.3 is 9.64 Å². The second kappa shape index (κ2) is 7.82. The summed E-state index contributed by atoms with van der Waals surface area (Å²) in [4.78, 5) is 46.5. The number of aromatic nitrogens is 2. The number of thiophene rings is 1. The molecule has 28 heavy (non-hydrogen) atoms. The third-order valence-electron chi connectivity index (χ3n) is 4.60. The number of methoxy groups -OCH3 is 1. The minimum atomic E-state index is -0.431. The van der Waals surface area contributed by atoms with Crippen molar-refractivity contribution in [2.45, 2.75) is 6.54 Å². The number of fused-ring (bicyclic) bond motifs is 1. The van der Waals surface area contributed by atoms with E-state index in [1.54, 1.807) is 29.3 Å². The molecule has 0 spiro atoms. The highest BCUT2D eigenvalue weighted by atomic mass is 32.1. The van der Waals surface area contributed by atoms with Gasteiger partial charge in [0.25, 0.3) is 11.5 Å². The fourth-order valence-corrected chi connectivity index (χ4v) is 4.76. The summed E-state index contributed by atoms with van der Waals surface area (Å²) >= 11 is 2.58. The Kier molecular flexibility index (Phi) is 5.25. The molecule has 1 saturated heterocycles. The van der Waals surface area contributed by atoms with Crippen molar-refractivity contribution in [3.8, 4) is 0 Å². The van der Waals surface area contributed by atoms with Gasteiger partial charge in [0.05, 0.1) is 17.7 Å². The number of nitrogens with zero attached hydrogens (tertiary/aromatic N) is 4. The van der Waals surface area contributed by atoms with Gasteiger partial charge in [0.2, 0.25) is 0 Å². The topological polar surface area (TPSA) is 84.2 Å². The number of thiazole rings is 1. The van der Waals surface area contributed by atoms with Crippen LogP contribution in [0.5, 0.6) is 0 Å². The fraction of sp³-hybridized carbons (Fsp3) is 0.333. The van der Waals surface area contributed by atoms with E-state index in [9.17, 15) is 14.4 Å². The number of amides is 1. The molecule has 3 aromatic rings. The molecule has 0 radical (unpaired) electrons. The summed E-state index contributed by atoms with van der Waals surface area (Å²) in [6.07, 6.45) is 1.72. The summed E-state index contributed by atoms with van der Waals surface area (Å²) in [5.74, 6) is -0.504. The lowest BCUT2D eigenvalue weighted by atomic mass is 10.2. The minimum Gasteiger partial charge on any atom is -0.465 e. The maximum absolute atomic E-state index is 12.7. The van der Waals surface area contributed by atoms with Crippen LogP contribution in [0.25, 0.3) is 4.96 Å². The van der Waals surface area contributed by atoms with Crippen molar-refractivity contribution in [1.29, 1.82) is 0 Å². The summed E-state index contributed by atoms with van der Waals surface area (Å²) < 4.78 is 6.22. The van der Waals surface area contributed by atoms with Crippen LogP contribution in [0, 0.1) is 0 Å². The molecule has 0 bridgehead atoms. The Morgan fingerprint density at radius 1 is 1.18 bits per heavy atom. The van der Waals surface area contributed by atoms with Crippen molar-refractivity contribution < 1.29 is 14.3 Å². The molecule has 0 aliphatic carbocycles. The Morgan fingerprint density at radius 2 is 1.93 bits per heavy atom. The van der Waals surface area contributed by atoms with E-state index in [1.807, 2.05) is 5.38 Å². The Bertz CT molecular complexity index is 1080. The molecule has 0 N–H and O–H groups in total. The molecule has 0 unspecified atom stereocenters. The van der Waals surface area contributed by atoms with E-state index in [0.29, 0.717) is 47.4 Å². The van der Waals surface area contributed by atoms with Gasteiger partial charge in [-0.15, -0.1) is 22.7 Å². The molecule has 0 saturated carbocycles. The van der Waals surface area contributed by atoms with Gasteiger partial charge in [-0.2, -0.15) is 0 Å². The Balaban J connectivity index is 1.37. The summed E-state index contributed by atoms with van der Waals surface area (Å²) in [6.45, 7) is 3.16. The van der Waals surface area contributed by atoms with Crippen LogP contribution in [0.1, 0.15) is 25.0 Å². The monoisotopic (exact) mass is 418 g/mol. The molecule has 4 rings (SSSR count). The number of carbonyl (C=O) groups is 2. The van der Waals surface area contributed by atoms with Crippen LogP contribution in [-0.4, -0.2) is 64.3 Å². The highest BCUT2D eigenvalue weighted by Crippen LogP contribution is 2.20. The van der Waals surface area contributed by atoms with Crippen molar-refractivity contribution in [2.24, 2.45) is 0 Å². The second-order valence-electron chi connectivity index (χ2n) is 6.37. The first-order valence-electron chi connectivity index (χ1n) is 8.71.